The van der Waals surface area contributed by atoms with E-state index in [1.165, 1.54) is 31.6 Å². The Kier molecular flexibility index (Phi) is 3.84. The van der Waals surface area contributed by atoms with Gasteiger partial charge >= 0.3 is 0 Å². The van der Waals surface area contributed by atoms with Crippen molar-refractivity contribution in [3.05, 3.63) is 24.2 Å². The van der Waals surface area contributed by atoms with Crippen molar-refractivity contribution in [2.24, 2.45) is 0 Å². The van der Waals surface area contributed by atoms with E-state index in [-0.39, 0.29) is 6.23 Å². The SMILES string of the molecule is CN1CCCC(c2nc3cccnc3n2C2CCCCO2)C1. The molecule has 2 aliphatic rings. The van der Waals surface area contributed by atoms with Crippen LogP contribution in [0.2, 0.25) is 0 Å². The highest BCUT2D eigenvalue weighted by Crippen LogP contribution is 2.33. The van der Waals surface area contributed by atoms with Crippen LogP contribution < -0.4 is 0 Å². The van der Waals surface area contributed by atoms with Gasteiger partial charge in [-0.25, -0.2) is 9.97 Å². The highest BCUT2D eigenvalue weighted by Gasteiger charge is 2.29. The van der Waals surface area contributed by atoms with Crippen LogP contribution in [0.3, 0.4) is 0 Å². The van der Waals surface area contributed by atoms with Gasteiger partial charge in [-0.3, -0.25) is 4.57 Å². The van der Waals surface area contributed by atoms with Crippen molar-refractivity contribution < 1.29 is 4.74 Å². The summed E-state index contributed by atoms with van der Waals surface area (Å²) in [4.78, 5) is 11.9. The molecular formula is C17H24N4O. The fourth-order valence-corrected chi connectivity index (χ4v) is 3.82. The van der Waals surface area contributed by atoms with Crippen molar-refractivity contribution in [3.63, 3.8) is 0 Å². The molecule has 2 aromatic rings. The number of ether oxygens (including phenoxy) is 1. The molecule has 0 aromatic carbocycles. The van der Waals surface area contributed by atoms with Crippen LogP contribution in [0.15, 0.2) is 18.3 Å². The van der Waals surface area contributed by atoms with Crippen LogP contribution in [0.5, 0.6) is 0 Å². The fourth-order valence-electron chi connectivity index (χ4n) is 3.82. The smallest absolute Gasteiger partial charge is 0.162 e. The first-order chi connectivity index (χ1) is 10.8. The first-order valence-corrected chi connectivity index (χ1v) is 8.46. The molecule has 2 saturated heterocycles. The monoisotopic (exact) mass is 300 g/mol. The molecule has 2 aliphatic heterocycles. The van der Waals surface area contributed by atoms with E-state index in [2.05, 4.69) is 27.6 Å². The van der Waals surface area contributed by atoms with Gasteiger partial charge in [-0.2, -0.15) is 0 Å². The molecule has 0 amide bonds. The van der Waals surface area contributed by atoms with Gasteiger partial charge in [0, 0.05) is 25.3 Å². The third-order valence-electron chi connectivity index (χ3n) is 4.91. The average molecular weight is 300 g/mol. The Balaban J connectivity index is 1.78. The lowest BCUT2D eigenvalue weighted by Crippen LogP contribution is -2.33. The largest absolute Gasteiger partial charge is 0.358 e. The van der Waals surface area contributed by atoms with E-state index in [1.54, 1.807) is 0 Å². The number of hydrogen-bond donors (Lipinski definition) is 0. The van der Waals surface area contributed by atoms with Gasteiger partial charge in [-0.15, -0.1) is 0 Å². The third kappa shape index (κ3) is 2.52. The second kappa shape index (κ2) is 5.97. The predicted molar refractivity (Wildman–Crippen MR) is 85.8 cm³/mol. The second-order valence-corrected chi connectivity index (χ2v) is 6.61. The molecule has 0 spiro atoms. The van der Waals surface area contributed by atoms with Gasteiger partial charge in [0.2, 0.25) is 0 Å². The van der Waals surface area contributed by atoms with Gasteiger partial charge in [-0.1, -0.05) is 0 Å². The maximum Gasteiger partial charge on any atom is 0.162 e. The standard InChI is InChI=1S/C17H24N4O/c1-20-10-5-6-13(12-20)16-19-14-7-4-9-18-17(14)21(16)15-8-2-3-11-22-15/h4,7,9,13,15H,2-3,5-6,8,10-12H2,1H3. The zero-order valence-corrected chi connectivity index (χ0v) is 13.2. The molecule has 4 rings (SSSR count). The molecule has 118 valence electrons. The molecule has 0 bridgehead atoms. The molecule has 5 heteroatoms. The number of likely N-dealkylation sites (tertiary alicyclic amines) is 1. The van der Waals surface area contributed by atoms with E-state index >= 15 is 0 Å². The topological polar surface area (TPSA) is 43.2 Å². The van der Waals surface area contributed by atoms with Gasteiger partial charge in [0.15, 0.2) is 5.65 Å². The van der Waals surface area contributed by atoms with Crippen LogP contribution in [0.1, 0.15) is 50.1 Å². The Morgan fingerprint density at radius 2 is 2.18 bits per heavy atom. The number of hydrogen-bond acceptors (Lipinski definition) is 4. The zero-order valence-electron chi connectivity index (χ0n) is 13.2. The summed E-state index contributed by atoms with van der Waals surface area (Å²) in [6, 6.07) is 4.04. The molecule has 0 aliphatic carbocycles. The molecule has 2 atom stereocenters. The lowest BCUT2D eigenvalue weighted by molar-refractivity contribution is -0.0323. The van der Waals surface area contributed by atoms with Crippen LogP contribution in [-0.4, -0.2) is 46.2 Å². The normalized spacial score (nSPS) is 27.3. The third-order valence-corrected chi connectivity index (χ3v) is 4.91. The Morgan fingerprint density at radius 3 is 3.00 bits per heavy atom. The van der Waals surface area contributed by atoms with E-state index in [4.69, 9.17) is 9.72 Å². The van der Waals surface area contributed by atoms with Gasteiger partial charge in [0.05, 0.1) is 0 Å². The molecular weight excluding hydrogens is 276 g/mol. The van der Waals surface area contributed by atoms with Crippen molar-refractivity contribution in [2.75, 3.05) is 26.7 Å². The van der Waals surface area contributed by atoms with Crippen molar-refractivity contribution in [2.45, 2.75) is 44.2 Å². The Hall–Kier alpha value is -1.46. The van der Waals surface area contributed by atoms with Crippen molar-refractivity contribution in [3.8, 4) is 0 Å². The minimum absolute atomic E-state index is 0.107. The average Bonchev–Trinajstić information content (AvgIpc) is 2.95. The van der Waals surface area contributed by atoms with Crippen LogP contribution in [0.25, 0.3) is 11.2 Å². The van der Waals surface area contributed by atoms with E-state index in [1.807, 2.05) is 12.3 Å². The number of imidazole rings is 1. The number of likely N-dealkylation sites (N-methyl/N-ethyl adjacent to an activating group) is 1. The van der Waals surface area contributed by atoms with Crippen LogP contribution in [-0.2, 0) is 4.74 Å². The zero-order chi connectivity index (χ0) is 14.9. The Bertz CT molecular complexity index is 647. The van der Waals surface area contributed by atoms with Crippen molar-refractivity contribution >= 4 is 11.2 Å². The Labute approximate surface area is 131 Å². The fraction of sp³-hybridized carbons (Fsp3) is 0.647. The van der Waals surface area contributed by atoms with E-state index in [9.17, 15) is 0 Å². The summed E-state index contributed by atoms with van der Waals surface area (Å²) in [5.74, 6) is 1.66. The summed E-state index contributed by atoms with van der Waals surface area (Å²) in [5, 5.41) is 0. The lowest BCUT2D eigenvalue weighted by Gasteiger charge is -2.32. The predicted octanol–water partition coefficient (Wildman–Crippen LogP) is 2.94. The highest BCUT2D eigenvalue weighted by atomic mass is 16.5. The van der Waals surface area contributed by atoms with Crippen molar-refractivity contribution in [1.82, 2.24) is 19.4 Å². The summed E-state index contributed by atoms with van der Waals surface area (Å²) in [5.41, 5.74) is 1.98. The molecule has 4 heterocycles. The maximum atomic E-state index is 6.06. The van der Waals surface area contributed by atoms with Gasteiger partial charge < -0.3 is 9.64 Å². The van der Waals surface area contributed by atoms with Crippen LogP contribution >= 0.6 is 0 Å². The van der Waals surface area contributed by atoms with Crippen LogP contribution in [0.4, 0.5) is 0 Å². The highest BCUT2D eigenvalue weighted by molar-refractivity contribution is 5.71. The minimum atomic E-state index is 0.107. The summed E-state index contributed by atoms with van der Waals surface area (Å²) < 4.78 is 8.35. The number of rotatable bonds is 2. The summed E-state index contributed by atoms with van der Waals surface area (Å²) >= 11 is 0. The lowest BCUT2D eigenvalue weighted by atomic mass is 9.97. The molecule has 0 N–H and O–H groups in total. The van der Waals surface area contributed by atoms with Gasteiger partial charge in [0.1, 0.15) is 17.6 Å². The molecule has 2 unspecified atom stereocenters. The second-order valence-electron chi connectivity index (χ2n) is 6.61. The Morgan fingerprint density at radius 1 is 1.23 bits per heavy atom. The quantitative estimate of drug-likeness (QED) is 0.855. The first kappa shape index (κ1) is 14.2. The summed E-state index contributed by atoms with van der Waals surface area (Å²) in [6.07, 6.45) is 7.87. The number of pyridine rings is 1. The van der Waals surface area contributed by atoms with E-state index in [0.29, 0.717) is 5.92 Å². The molecule has 2 aromatic heterocycles. The minimum Gasteiger partial charge on any atom is -0.358 e. The summed E-state index contributed by atoms with van der Waals surface area (Å²) in [7, 11) is 2.20. The maximum absolute atomic E-state index is 6.06. The molecule has 22 heavy (non-hydrogen) atoms. The number of aromatic nitrogens is 3. The first-order valence-electron chi connectivity index (χ1n) is 8.46. The number of nitrogens with zero attached hydrogens (tertiary/aromatic N) is 4. The van der Waals surface area contributed by atoms with E-state index < -0.39 is 0 Å². The molecule has 0 radical (unpaired) electrons. The van der Waals surface area contributed by atoms with Gasteiger partial charge in [-0.05, 0) is 57.8 Å². The molecule has 5 nitrogen and oxygen atoms in total. The number of piperidine rings is 1. The summed E-state index contributed by atoms with van der Waals surface area (Å²) in [6.45, 7) is 3.12. The van der Waals surface area contributed by atoms with Gasteiger partial charge in [0.25, 0.3) is 0 Å². The van der Waals surface area contributed by atoms with Crippen LogP contribution in [0, 0.1) is 0 Å². The van der Waals surface area contributed by atoms with E-state index in [0.717, 1.165) is 37.2 Å². The molecule has 2 fully saturated rings. The molecule has 0 saturated carbocycles. The van der Waals surface area contributed by atoms with Crippen molar-refractivity contribution in [1.29, 1.82) is 0 Å². The number of fused-ring (bicyclic) bond motifs is 1.